The summed E-state index contributed by atoms with van der Waals surface area (Å²) in [4.78, 5) is 24.1. The van der Waals surface area contributed by atoms with Gasteiger partial charge >= 0.3 is 5.97 Å². The van der Waals surface area contributed by atoms with Gasteiger partial charge in [-0.2, -0.15) is 4.31 Å². The predicted octanol–water partition coefficient (Wildman–Crippen LogP) is 2.92. The highest BCUT2D eigenvalue weighted by Gasteiger charge is 2.27. The van der Waals surface area contributed by atoms with E-state index < -0.39 is 15.9 Å². The summed E-state index contributed by atoms with van der Waals surface area (Å²) in [6.45, 7) is 0.763. The third kappa shape index (κ3) is 5.54. The van der Waals surface area contributed by atoms with Gasteiger partial charge in [-0.15, -0.1) is 0 Å². The maximum Gasteiger partial charge on any atom is 0.306 e. The maximum absolute atomic E-state index is 12.5. The summed E-state index contributed by atoms with van der Waals surface area (Å²) in [5, 5.41) is 2.62. The van der Waals surface area contributed by atoms with E-state index in [1.807, 2.05) is 0 Å². The van der Waals surface area contributed by atoms with Gasteiger partial charge in [0.2, 0.25) is 10.0 Å². The van der Waals surface area contributed by atoms with Crippen LogP contribution in [0.4, 0.5) is 5.69 Å². The number of benzene rings is 1. The lowest BCUT2D eigenvalue weighted by molar-refractivity contribution is -0.148. The average Bonchev–Trinajstić information content (AvgIpc) is 3.23. The lowest BCUT2D eigenvalue weighted by atomic mass is 9.87. The molecule has 1 aliphatic carbocycles. The Bertz CT molecular complexity index is 779. The molecule has 1 aromatic carbocycles. The molecule has 8 heteroatoms. The number of nitrogens with one attached hydrogen (secondary N) is 1. The molecule has 0 bridgehead atoms. The van der Waals surface area contributed by atoms with Gasteiger partial charge in [-0.25, -0.2) is 8.42 Å². The first-order chi connectivity index (χ1) is 13.4. The molecule has 1 saturated carbocycles. The molecule has 1 heterocycles. The van der Waals surface area contributed by atoms with E-state index in [2.05, 4.69) is 5.32 Å². The lowest BCUT2D eigenvalue weighted by Gasteiger charge is -2.20. The highest BCUT2D eigenvalue weighted by Crippen LogP contribution is 2.26. The van der Waals surface area contributed by atoms with E-state index in [1.165, 1.54) is 22.9 Å². The smallest absolute Gasteiger partial charge is 0.306 e. The van der Waals surface area contributed by atoms with Gasteiger partial charge in [-0.1, -0.05) is 19.3 Å². The number of amides is 1. The number of hydrogen-bond donors (Lipinski definition) is 1. The summed E-state index contributed by atoms with van der Waals surface area (Å²) in [6.07, 6.45) is 7.77. The number of rotatable bonds is 7. The summed E-state index contributed by atoms with van der Waals surface area (Å²) in [7, 11) is -3.47. The van der Waals surface area contributed by atoms with Gasteiger partial charge < -0.3 is 10.1 Å². The fraction of sp³-hybridized carbons (Fsp3) is 0.600. The molecule has 3 rings (SSSR count). The zero-order valence-corrected chi connectivity index (χ0v) is 16.9. The van der Waals surface area contributed by atoms with Crippen molar-refractivity contribution in [1.82, 2.24) is 4.31 Å². The minimum atomic E-state index is -3.47. The van der Waals surface area contributed by atoms with Crippen LogP contribution in [0, 0.1) is 5.92 Å². The summed E-state index contributed by atoms with van der Waals surface area (Å²) in [5.41, 5.74) is 0.466. The standard InChI is InChI=1S/C20H28N2O5S/c23-19(15-27-20(24)14-16-6-2-1-3-7-16)21-17-8-10-18(11-9-17)28(25,26)22-12-4-5-13-22/h8-11,16H,1-7,12-15H2,(H,21,23). The molecule has 1 N–H and O–H groups in total. The van der Waals surface area contributed by atoms with Gasteiger partial charge in [0.15, 0.2) is 6.61 Å². The molecule has 1 aromatic rings. The first-order valence-electron chi connectivity index (χ1n) is 10.0. The van der Waals surface area contributed by atoms with E-state index in [0.717, 1.165) is 38.5 Å². The Morgan fingerprint density at radius 2 is 1.64 bits per heavy atom. The van der Waals surface area contributed by atoms with Crippen molar-refractivity contribution in [2.75, 3.05) is 25.0 Å². The number of carbonyl (C=O) groups is 2. The molecule has 2 aliphatic rings. The van der Waals surface area contributed by atoms with E-state index in [0.29, 0.717) is 31.1 Å². The predicted molar refractivity (Wildman–Crippen MR) is 105 cm³/mol. The Kier molecular flexibility index (Phi) is 7.07. The van der Waals surface area contributed by atoms with Crippen molar-refractivity contribution in [1.29, 1.82) is 0 Å². The van der Waals surface area contributed by atoms with Gasteiger partial charge in [0.25, 0.3) is 5.91 Å². The Hall–Kier alpha value is -1.93. The molecule has 1 saturated heterocycles. The molecule has 0 atom stereocenters. The van der Waals surface area contributed by atoms with E-state index in [-0.39, 0.29) is 17.5 Å². The minimum Gasteiger partial charge on any atom is -0.456 e. The molecule has 0 spiro atoms. The molecule has 7 nitrogen and oxygen atoms in total. The third-order valence-electron chi connectivity index (χ3n) is 5.39. The van der Waals surface area contributed by atoms with Gasteiger partial charge in [0, 0.05) is 25.2 Å². The van der Waals surface area contributed by atoms with Crippen LogP contribution in [0.25, 0.3) is 0 Å². The van der Waals surface area contributed by atoms with E-state index in [4.69, 9.17) is 4.74 Å². The second kappa shape index (κ2) is 9.52. The Morgan fingerprint density at radius 1 is 1.00 bits per heavy atom. The number of esters is 1. The van der Waals surface area contributed by atoms with Crippen molar-refractivity contribution in [3.8, 4) is 0 Å². The molecule has 2 fully saturated rings. The molecule has 0 aromatic heterocycles. The topological polar surface area (TPSA) is 92.8 Å². The zero-order valence-electron chi connectivity index (χ0n) is 16.1. The maximum atomic E-state index is 12.5. The molecule has 154 valence electrons. The molecule has 1 aliphatic heterocycles. The van der Waals surface area contributed by atoms with Crippen molar-refractivity contribution in [3.05, 3.63) is 24.3 Å². The Balaban J connectivity index is 1.45. The van der Waals surface area contributed by atoms with E-state index in [9.17, 15) is 18.0 Å². The normalized spacial score (nSPS) is 18.7. The van der Waals surface area contributed by atoms with Crippen LogP contribution in [0.15, 0.2) is 29.2 Å². The highest BCUT2D eigenvalue weighted by atomic mass is 32.2. The van der Waals surface area contributed by atoms with Crippen LogP contribution in [0.3, 0.4) is 0 Å². The summed E-state index contributed by atoms with van der Waals surface area (Å²) in [5.74, 6) is -0.407. The lowest BCUT2D eigenvalue weighted by Crippen LogP contribution is -2.27. The quantitative estimate of drug-likeness (QED) is 0.700. The van der Waals surface area contributed by atoms with Crippen LogP contribution < -0.4 is 5.32 Å². The first kappa shape index (κ1) is 20.8. The highest BCUT2D eigenvalue weighted by molar-refractivity contribution is 7.89. The summed E-state index contributed by atoms with van der Waals surface area (Å²) >= 11 is 0. The SMILES string of the molecule is O=C(COC(=O)CC1CCCCC1)Nc1ccc(S(=O)(=O)N2CCCC2)cc1. The second-order valence-corrected chi connectivity index (χ2v) is 9.49. The van der Waals surface area contributed by atoms with Crippen molar-refractivity contribution in [2.45, 2.75) is 56.3 Å². The first-order valence-corrected chi connectivity index (χ1v) is 11.4. The Morgan fingerprint density at radius 3 is 2.29 bits per heavy atom. The van der Waals surface area contributed by atoms with E-state index in [1.54, 1.807) is 12.1 Å². The summed E-state index contributed by atoms with van der Waals surface area (Å²) in [6, 6.07) is 6.06. The molecular formula is C20H28N2O5S. The number of anilines is 1. The molecule has 28 heavy (non-hydrogen) atoms. The molecule has 1 amide bonds. The zero-order chi connectivity index (χ0) is 20.0. The number of sulfonamides is 1. The van der Waals surface area contributed by atoms with Crippen LogP contribution in [0.1, 0.15) is 51.4 Å². The van der Waals surface area contributed by atoms with Crippen LogP contribution in [-0.2, 0) is 24.3 Å². The van der Waals surface area contributed by atoms with Gasteiger partial charge in [0.1, 0.15) is 0 Å². The molecule has 0 unspecified atom stereocenters. The van der Waals surface area contributed by atoms with Crippen LogP contribution in [0.5, 0.6) is 0 Å². The number of nitrogens with zero attached hydrogens (tertiary/aromatic N) is 1. The summed E-state index contributed by atoms with van der Waals surface area (Å²) < 4.78 is 31.5. The number of ether oxygens (including phenoxy) is 1. The van der Waals surface area contributed by atoms with Gasteiger partial charge in [0.05, 0.1) is 4.90 Å². The fourth-order valence-corrected chi connectivity index (χ4v) is 5.33. The van der Waals surface area contributed by atoms with Crippen LogP contribution in [-0.4, -0.2) is 44.3 Å². The van der Waals surface area contributed by atoms with Crippen molar-refractivity contribution in [2.24, 2.45) is 5.92 Å². The monoisotopic (exact) mass is 408 g/mol. The Labute approximate surface area is 166 Å². The minimum absolute atomic E-state index is 0.214. The van der Waals surface area contributed by atoms with E-state index >= 15 is 0 Å². The third-order valence-corrected chi connectivity index (χ3v) is 7.30. The van der Waals surface area contributed by atoms with Crippen LogP contribution in [0.2, 0.25) is 0 Å². The largest absolute Gasteiger partial charge is 0.456 e. The van der Waals surface area contributed by atoms with Crippen molar-refractivity contribution < 1.29 is 22.7 Å². The number of carbonyl (C=O) groups excluding carboxylic acids is 2. The molecular weight excluding hydrogens is 380 g/mol. The average molecular weight is 409 g/mol. The van der Waals surface area contributed by atoms with Crippen LogP contribution >= 0.6 is 0 Å². The second-order valence-electron chi connectivity index (χ2n) is 7.55. The fourth-order valence-electron chi connectivity index (χ4n) is 3.82. The number of hydrogen-bond acceptors (Lipinski definition) is 5. The van der Waals surface area contributed by atoms with Crippen molar-refractivity contribution >= 4 is 27.6 Å². The van der Waals surface area contributed by atoms with Gasteiger partial charge in [-0.05, 0) is 55.9 Å². The van der Waals surface area contributed by atoms with Crippen molar-refractivity contribution in [3.63, 3.8) is 0 Å². The molecule has 0 radical (unpaired) electrons. The van der Waals surface area contributed by atoms with Gasteiger partial charge in [-0.3, -0.25) is 9.59 Å².